The van der Waals surface area contributed by atoms with Crippen molar-refractivity contribution in [2.45, 2.75) is 6.92 Å². The number of rotatable bonds is 3. The second-order valence-electron chi connectivity index (χ2n) is 5.71. The summed E-state index contributed by atoms with van der Waals surface area (Å²) in [5, 5.41) is 7.88. The van der Waals surface area contributed by atoms with Crippen molar-refractivity contribution in [3.8, 4) is 28.4 Å². The van der Waals surface area contributed by atoms with Crippen LogP contribution in [0.4, 0.5) is 8.78 Å². The molecule has 8 heteroatoms. The van der Waals surface area contributed by atoms with Crippen molar-refractivity contribution in [2.75, 3.05) is 7.11 Å². The second kappa shape index (κ2) is 10.5. The molecule has 0 N–H and O–H groups in total. The summed E-state index contributed by atoms with van der Waals surface area (Å²) in [4.78, 5) is 8.13. The molecule has 0 bridgehead atoms. The zero-order valence-corrected chi connectivity index (χ0v) is 18.0. The normalized spacial score (nSPS) is 9.79. The molecule has 0 unspecified atom stereocenters. The summed E-state index contributed by atoms with van der Waals surface area (Å²) in [7, 11) is 1.50. The van der Waals surface area contributed by atoms with E-state index in [-0.39, 0.29) is 25.7 Å². The van der Waals surface area contributed by atoms with Crippen molar-refractivity contribution in [1.29, 1.82) is 0 Å². The topological polar surface area (TPSA) is 62.0 Å². The van der Waals surface area contributed by atoms with E-state index in [2.05, 4.69) is 26.2 Å². The minimum Gasteiger partial charge on any atom is -0.574 e. The number of ether oxygens (including phenoxy) is 1. The first kappa shape index (κ1) is 22.3. The molecule has 3 aromatic heterocycles. The summed E-state index contributed by atoms with van der Waals surface area (Å²) in [6.07, 6.45) is 3.24. The van der Waals surface area contributed by atoms with Gasteiger partial charge in [0.1, 0.15) is 5.75 Å². The molecule has 3 heterocycles. The van der Waals surface area contributed by atoms with Gasteiger partial charge in [0.2, 0.25) is 0 Å². The summed E-state index contributed by atoms with van der Waals surface area (Å²) in [5.74, 6) is -0.799. The van der Waals surface area contributed by atoms with Gasteiger partial charge >= 0.3 is 0 Å². The average molecular weight is 571 g/mol. The molecule has 151 valence electrons. The minimum atomic E-state index is -0.694. The Bertz CT molecular complexity index is 1060. The molecular formula is C21H16F2IrN4O-2. The number of benzene rings is 1. The molecular weight excluding hydrogens is 554 g/mol. The Morgan fingerprint density at radius 2 is 1.79 bits per heavy atom. The predicted octanol–water partition coefficient (Wildman–Crippen LogP) is 4.24. The largest absolute Gasteiger partial charge is 0.574 e. The first-order chi connectivity index (χ1) is 13.6. The molecule has 0 aliphatic heterocycles. The van der Waals surface area contributed by atoms with E-state index in [0.29, 0.717) is 11.4 Å². The molecule has 5 nitrogen and oxygen atoms in total. The van der Waals surface area contributed by atoms with E-state index in [1.165, 1.54) is 13.3 Å². The van der Waals surface area contributed by atoms with Crippen molar-refractivity contribution < 1.29 is 33.6 Å². The van der Waals surface area contributed by atoms with E-state index in [0.717, 1.165) is 29.2 Å². The third kappa shape index (κ3) is 6.01. The molecule has 0 amide bonds. The summed E-state index contributed by atoms with van der Waals surface area (Å²) in [5.41, 5.74) is 3.12. The van der Waals surface area contributed by atoms with E-state index in [4.69, 9.17) is 4.74 Å². The maximum atomic E-state index is 13.4. The van der Waals surface area contributed by atoms with Gasteiger partial charge in [0.15, 0.2) is 0 Å². The number of methoxy groups -OCH3 is 1. The first-order valence-electron chi connectivity index (χ1n) is 8.32. The van der Waals surface area contributed by atoms with Crippen molar-refractivity contribution in [3.05, 3.63) is 84.3 Å². The molecule has 4 aromatic rings. The summed E-state index contributed by atoms with van der Waals surface area (Å²) in [6, 6.07) is 15.2. The Hall–Kier alpha value is -2.96. The van der Waals surface area contributed by atoms with Crippen LogP contribution in [-0.4, -0.2) is 22.2 Å². The predicted molar refractivity (Wildman–Crippen MR) is 101 cm³/mol. The number of halogens is 2. The van der Waals surface area contributed by atoms with Gasteiger partial charge in [-0.2, -0.15) is 0 Å². The van der Waals surface area contributed by atoms with Crippen LogP contribution < -0.4 is 9.84 Å². The molecule has 0 saturated heterocycles. The van der Waals surface area contributed by atoms with E-state index >= 15 is 0 Å². The average Bonchev–Trinajstić information content (AvgIpc) is 3.16. The fourth-order valence-corrected chi connectivity index (χ4v) is 2.34. The molecule has 0 fully saturated rings. The van der Waals surface area contributed by atoms with Gasteiger partial charge in [-0.05, 0) is 36.9 Å². The third-order valence-corrected chi connectivity index (χ3v) is 3.67. The van der Waals surface area contributed by atoms with Gasteiger partial charge in [0, 0.05) is 55.5 Å². The first-order valence-corrected chi connectivity index (χ1v) is 8.32. The van der Waals surface area contributed by atoms with E-state index < -0.39 is 11.6 Å². The number of hydrogen-bond donors (Lipinski definition) is 0. The molecule has 0 aliphatic rings. The van der Waals surface area contributed by atoms with Crippen LogP contribution in [0.15, 0.2) is 60.9 Å². The Kier molecular flexibility index (Phi) is 8.12. The van der Waals surface area contributed by atoms with Crippen molar-refractivity contribution in [3.63, 3.8) is 0 Å². The molecule has 0 saturated carbocycles. The van der Waals surface area contributed by atoms with Gasteiger partial charge in [-0.15, -0.1) is 12.1 Å². The summed E-state index contributed by atoms with van der Waals surface area (Å²) >= 11 is 0. The number of hydrogen-bond acceptors (Lipinski definition) is 4. The smallest absolute Gasteiger partial charge is 0.113 e. The number of aromatic nitrogens is 4. The van der Waals surface area contributed by atoms with Crippen LogP contribution >= 0.6 is 0 Å². The fourth-order valence-electron chi connectivity index (χ4n) is 2.34. The van der Waals surface area contributed by atoms with Gasteiger partial charge in [0.25, 0.3) is 0 Å². The summed E-state index contributed by atoms with van der Waals surface area (Å²) in [6.45, 7) is 1.92. The molecule has 0 atom stereocenters. The van der Waals surface area contributed by atoms with Gasteiger partial charge in [-0.25, -0.2) is 0 Å². The number of nitrogens with zero attached hydrogens (tertiary/aromatic N) is 4. The molecule has 1 aromatic carbocycles. The molecule has 4 rings (SSSR count). The summed E-state index contributed by atoms with van der Waals surface area (Å²) < 4.78 is 31.1. The SMILES string of the molecule is COc1ccnc(-c2[c-]cc(F)cc2F)c1.Cc1cc(-c2ccccn2)[n-]n1.[Ir]. The molecule has 29 heavy (non-hydrogen) atoms. The minimum absolute atomic E-state index is 0. The van der Waals surface area contributed by atoms with Gasteiger partial charge in [0.05, 0.1) is 7.11 Å². The van der Waals surface area contributed by atoms with Gasteiger partial charge in [-0.3, -0.25) is 13.8 Å². The number of pyridine rings is 2. The maximum absolute atomic E-state index is 13.4. The Morgan fingerprint density at radius 1 is 1.00 bits per heavy atom. The zero-order chi connectivity index (χ0) is 19.9. The van der Waals surface area contributed by atoms with Crippen molar-refractivity contribution >= 4 is 0 Å². The monoisotopic (exact) mass is 571 g/mol. The van der Waals surface area contributed by atoms with Crippen LogP contribution in [-0.2, 0) is 20.1 Å². The van der Waals surface area contributed by atoms with E-state index in [1.807, 2.05) is 31.2 Å². The van der Waals surface area contributed by atoms with Gasteiger partial charge < -0.3 is 19.9 Å². The van der Waals surface area contributed by atoms with Crippen LogP contribution in [0.5, 0.6) is 5.75 Å². The van der Waals surface area contributed by atoms with E-state index in [1.54, 1.807) is 18.3 Å². The second-order valence-corrected chi connectivity index (χ2v) is 5.71. The molecule has 1 radical (unpaired) electrons. The fraction of sp³-hybridized carbons (Fsp3) is 0.0952. The van der Waals surface area contributed by atoms with Crippen LogP contribution in [0, 0.1) is 24.6 Å². The van der Waals surface area contributed by atoms with E-state index in [9.17, 15) is 8.78 Å². The third-order valence-electron chi connectivity index (χ3n) is 3.67. The van der Waals surface area contributed by atoms with Gasteiger partial charge in [-0.1, -0.05) is 29.5 Å². The van der Waals surface area contributed by atoms with Crippen molar-refractivity contribution in [2.24, 2.45) is 0 Å². The quantitative estimate of drug-likeness (QED) is 0.345. The van der Waals surface area contributed by atoms with Crippen molar-refractivity contribution in [1.82, 2.24) is 20.2 Å². The zero-order valence-electron chi connectivity index (χ0n) is 15.6. The van der Waals surface area contributed by atoms with Crippen LogP contribution in [0.25, 0.3) is 22.6 Å². The number of aryl methyl sites for hydroxylation is 1. The Labute approximate surface area is 180 Å². The van der Waals surface area contributed by atoms with Crippen LogP contribution in [0.2, 0.25) is 0 Å². The van der Waals surface area contributed by atoms with Crippen LogP contribution in [0.1, 0.15) is 5.69 Å². The molecule has 0 aliphatic carbocycles. The standard InChI is InChI=1S/C12H8F2NO.C9H8N3.Ir/c1-16-9-4-5-15-12(7-9)10-3-2-8(13)6-11(10)14;1-7-6-9(12-11-7)8-4-2-3-5-10-8;/h2,4-7H,1H3;2-6H,1H3;/q2*-1;. The van der Waals surface area contributed by atoms with Crippen LogP contribution in [0.3, 0.4) is 0 Å². The Balaban J connectivity index is 0.000000207. The molecule has 0 spiro atoms. The maximum Gasteiger partial charge on any atom is 0.113 e. The Morgan fingerprint density at radius 3 is 2.41 bits per heavy atom.